The minimum Gasteiger partial charge on any atom is -0.496 e. The highest BCUT2D eigenvalue weighted by Gasteiger charge is 2.63. The van der Waals surface area contributed by atoms with Crippen LogP contribution in [0.15, 0.2) is 54.2 Å². The molecule has 2 N–H and O–H groups in total. The van der Waals surface area contributed by atoms with E-state index in [0.29, 0.717) is 27.3 Å². The second kappa shape index (κ2) is 9.75. The van der Waals surface area contributed by atoms with Gasteiger partial charge in [-0.05, 0) is 53.6 Å². The molecule has 3 aliphatic rings. The van der Waals surface area contributed by atoms with Crippen molar-refractivity contribution in [3.63, 3.8) is 0 Å². The number of H-pyrrole nitrogens is 1. The molecule has 44 heavy (non-hydrogen) atoms. The van der Waals surface area contributed by atoms with Crippen LogP contribution in [-0.4, -0.2) is 77.5 Å². The van der Waals surface area contributed by atoms with E-state index in [2.05, 4.69) is 10.3 Å². The molecule has 1 spiro atoms. The minimum absolute atomic E-state index is 0.000728. The van der Waals surface area contributed by atoms with Crippen LogP contribution in [0.2, 0.25) is 0 Å². The summed E-state index contributed by atoms with van der Waals surface area (Å²) in [6, 6.07) is 12.6. The van der Waals surface area contributed by atoms with Crippen molar-refractivity contribution in [1.29, 1.82) is 0 Å². The summed E-state index contributed by atoms with van der Waals surface area (Å²) in [4.78, 5) is 74.8. The fraction of sp³-hybridized carbons (Fsp3) is 0.242. The van der Waals surface area contributed by atoms with Crippen LogP contribution in [0.5, 0.6) is 5.75 Å². The number of methoxy groups -OCH3 is 1. The maximum Gasteiger partial charge on any atom is 0.327 e. The van der Waals surface area contributed by atoms with Crippen LogP contribution in [0.3, 0.4) is 0 Å². The molecule has 3 heterocycles. The van der Waals surface area contributed by atoms with Gasteiger partial charge in [-0.25, -0.2) is 4.79 Å². The highest BCUT2D eigenvalue weighted by molar-refractivity contribution is 7.20. The number of thiophene rings is 1. The van der Waals surface area contributed by atoms with E-state index in [0.717, 1.165) is 20.5 Å². The minimum atomic E-state index is -1.72. The number of nitrogens with zero attached hydrogens (tertiary/aromatic N) is 2. The molecule has 2 aromatic carbocycles. The molecule has 1 fully saturated rings. The highest BCUT2D eigenvalue weighted by Crippen LogP contribution is 2.51. The molecule has 4 aromatic rings. The highest BCUT2D eigenvalue weighted by atomic mass is 32.1. The summed E-state index contributed by atoms with van der Waals surface area (Å²) >= 11 is 1.40. The molecule has 10 nitrogen and oxygen atoms in total. The predicted octanol–water partition coefficient (Wildman–Crippen LogP) is 4.17. The number of imide groups is 1. The quantitative estimate of drug-likeness (QED) is 0.328. The molecule has 7 rings (SSSR count). The van der Waals surface area contributed by atoms with Crippen molar-refractivity contribution in [2.24, 2.45) is 0 Å². The van der Waals surface area contributed by atoms with Crippen LogP contribution < -0.4 is 10.1 Å². The van der Waals surface area contributed by atoms with Gasteiger partial charge in [0.15, 0.2) is 11.3 Å². The zero-order chi connectivity index (χ0) is 31.1. The van der Waals surface area contributed by atoms with Crippen LogP contribution in [0, 0.1) is 6.92 Å². The maximum absolute atomic E-state index is 14.6. The van der Waals surface area contributed by atoms with Crippen LogP contribution in [0.1, 0.15) is 52.8 Å². The van der Waals surface area contributed by atoms with E-state index in [-0.39, 0.29) is 47.7 Å². The topological polar surface area (TPSA) is 129 Å². The number of ether oxygens (including phenoxy) is 1. The van der Waals surface area contributed by atoms with E-state index >= 15 is 0 Å². The van der Waals surface area contributed by atoms with E-state index in [1.807, 2.05) is 43.3 Å². The first kappa shape index (κ1) is 27.8. The molecule has 1 saturated heterocycles. The number of aryl methyl sites for hydroxylation is 1. The van der Waals surface area contributed by atoms with Gasteiger partial charge in [0.1, 0.15) is 5.75 Å². The Balaban J connectivity index is 1.28. The van der Waals surface area contributed by atoms with Crippen LogP contribution in [-0.2, 0) is 17.6 Å². The third-order valence-corrected chi connectivity index (χ3v) is 10.2. The van der Waals surface area contributed by atoms with Crippen molar-refractivity contribution in [1.82, 2.24) is 20.1 Å². The summed E-state index contributed by atoms with van der Waals surface area (Å²) in [7, 11) is 4.36. The smallest absolute Gasteiger partial charge is 0.327 e. The molecular formula is C33H28N4O6S. The Bertz CT molecular complexity index is 1990. The second-order valence-electron chi connectivity index (χ2n) is 11.3. The first-order valence-electron chi connectivity index (χ1n) is 14.1. The van der Waals surface area contributed by atoms with Gasteiger partial charge in [0.25, 0.3) is 11.8 Å². The molecule has 11 heteroatoms. The Labute approximate surface area is 256 Å². The lowest BCUT2D eigenvalue weighted by atomic mass is 9.65. The summed E-state index contributed by atoms with van der Waals surface area (Å²) in [5.41, 5.74) is 1.10. The number of urea groups is 1. The van der Waals surface area contributed by atoms with Gasteiger partial charge >= 0.3 is 6.03 Å². The number of ketones is 2. The summed E-state index contributed by atoms with van der Waals surface area (Å²) in [6.45, 7) is 2.06. The Morgan fingerprint density at radius 1 is 1.07 bits per heavy atom. The Morgan fingerprint density at radius 2 is 1.84 bits per heavy atom. The summed E-state index contributed by atoms with van der Waals surface area (Å²) in [6.07, 6.45) is 1.86. The lowest BCUT2D eigenvalue weighted by Crippen LogP contribution is -2.56. The number of nitrogens with one attached hydrogen (secondary N) is 2. The van der Waals surface area contributed by atoms with E-state index < -0.39 is 29.0 Å². The van der Waals surface area contributed by atoms with Crippen LogP contribution >= 0.6 is 11.3 Å². The number of rotatable bonds is 5. The Hall–Kier alpha value is -5.03. The fourth-order valence-corrected chi connectivity index (χ4v) is 7.85. The summed E-state index contributed by atoms with van der Waals surface area (Å²) in [5, 5.41) is 3.90. The van der Waals surface area contributed by atoms with Gasteiger partial charge in [-0.3, -0.25) is 24.1 Å². The molecule has 0 radical (unpaired) electrons. The number of carbonyl (C=O) groups is 5. The Morgan fingerprint density at radius 3 is 2.55 bits per heavy atom. The third-order valence-electron chi connectivity index (χ3n) is 9.05. The first-order valence-corrected chi connectivity index (χ1v) is 15.0. The third kappa shape index (κ3) is 3.62. The second-order valence-corrected chi connectivity index (χ2v) is 12.4. The number of likely N-dealkylation sites (N-methyl/N-ethyl adjacent to an activating group) is 2. The fourth-order valence-electron chi connectivity index (χ4n) is 6.87. The SMILES string of the molecule is COc1ccc(C)c2c1CC1(C(=O)N(C)C(=O)N1C)C1=C2C(=O)c2[nH]cc(CCNC(=O)c3cc4ccccc4s3)c2C1=O. The molecule has 4 amide bonds. The average Bonchev–Trinajstić information content (AvgIpc) is 3.69. The molecule has 0 saturated carbocycles. The van der Waals surface area contributed by atoms with Crippen molar-refractivity contribution < 1.29 is 28.7 Å². The molecular weight excluding hydrogens is 580 g/mol. The van der Waals surface area contributed by atoms with Crippen molar-refractivity contribution >= 4 is 56.4 Å². The molecule has 1 aliphatic heterocycles. The number of benzene rings is 2. The molecule has 1 atom stereocenters. The molecule has 222 valence electrons. The standard InChI is InChI=1S/C33H28N4O6S/c1-16-9-10-20(43-4)19-14-33(31(41)36(2)32(42)37(33)3)26-25(23(16)19)29(39)27-24(28(26)38)18(15-35-27)11-12-34-30(40)22-13-17-7-5-6-8-21(17)44-22/h5-10,13,15,35H,11-12,14H2,1-4H3,(H,34,40). The Kier molecular flexibility index (Phi) is 6.15. The van der Waals surface area contributed by atoms with Gasteiger partial charge in [-0.1, -0.05) is 24.3 Å². The number of amides is 4. The summed E-state index contributed by atoms with van der Waals surface area (Å²) < 4.78 is 6.64. The maximum atomic E-state index is 14.6. The predicted molar refractivity (Wildman–Crippen MR) is 164 cm³/mol. The first-order chi connectivity index (χ1) is 21.1. The largest absolute Gasteiger partial charge is 0.496 e. The van der Waals surface area contributed by atoms with Crippen molar-refractivity contribution in [3.05, 3.63) is 92.6 Å². The van der Waals surface area contributed by atoms with Crippen molar-refractivity contribution in [2.45, 2.75) is 25.3 Å². The number of aromatic amines is 1. The molecule has 0 bridgehead atoms. The van der Waals surface area contributed by atoms with Crippen LogP contribution in [0.4, 0.5) is 4.79 Å². The number of hydrogen-bond donors (Lipinski definition) is 2. The molecule has 2 aliphatic carbocycles. The van der Waals surface area contributed by atoms with Crippen LogP contribution in [0.25, 0.3) is 15.7 Å². The number of carbonyl (C=O) groups excluding carboxylic acids is 5. The number of aromatic nitrogens is 1. The van der Waals surface area contributed by atoms with Gasteiger partial charge < -0.3 is 19.9 Å². The van der Waals surface area contributed by atoms with Gasteiger partial charge in [0, 0.05) is 54.7 Å². The average molecular weight is 609 g/mol. The lowest BCUT2D eigenvalue weighted by molar-refractivity contribution is -0.130. The van der Waals surface area contributed by atoms with E-state index in [4.69, 9.17) is 4.74 Å². The van der Waals surface area contributed by atoms with Gasteiger partial charge in [-0.15, -0.1) is 11.3 Å². The van der Waals surface area contributed by atoms with E-state index in [1.54, 1.807) is 12.3 Å². The van der Waals surface area contributed by atoms with Crippen molar-refractivity contribution in [2.75, 3.05) is 27.7 Å². The van der Waals surface area contributed by atoms with Crippen molar-refractivity contribution in [3.8, 4) is 5.75 Å². The normalized spacial score (nSPS) is 19.2. The molecule has 2 aromatic heterocycles. The zero-order valence-corrected chi connectivity index (χ0v) is 25.3. The number of fused-ring (bicyclic) bond motifs is 5. The van der Waals surface area contributed by atoms with E-state index in [1.165, 1.54) is 37.4 Å². The van der Waals surface area contributed by atoms with Gasteiger partial charge in [0.2, 0.25) is 5.78 Å². The van der Waals surface area contributed by atoms with Gasteiger partial charge in [0.05, 0.1) is 23.2 Å². The monoisotopic (exact) mass is 608 g/mol. The zero-order valence-electron chi connectivity index (χ0n) is 24.5. The number of Topliss-reactive ketones (excluding diaryl/α,β-unsaturated/α-hetero) is 2. The number of hydrogen-bond acceptors (Lipinski definition) is 7. The summed E-state index contributed by atoms with van der Waals surface area (Å²) in [5.74, 6) is -1.26. The van der Waals surface area contributed by atoms with E-state index in [9.17, 15) is 24.0 Å². The van der Waals surface area contributed by atoms with Gasteiger partial charge in [-0.2, -0.15) is 0 Å². The lowest BCUT2D eigenvalue weighted by Gasteiger charge is -2.42. The molecule has 1 unspecified atom stereocenters. The number of allylic oxidation sites excluding steroid dienone is 1.